The zero-order valence-electron chi connectivity index (χ0n) is 16.1. The molecule has 148 valence electrons. The smallest absolute Gasteiger partial charge is 0.186 e. The van der Waals surface area contributed by atoms with Gasteiger partial charge in [-0.1, -0.05) is 75.2 Å². The number of rotatable bonds is 4. The summed E-state index contributed by atoms with van der Waals surface area (Å²) in [6, 6.07) is 22.6. The summed E-state index contributed by atoms with van der Waals surface area (Å²) in [4.78, 5) is 0. The molecule has 1 aliphatic heterocycles. The van der Waals surface area contributed by atoms with Gasteiger partial charge in [-0.15, -0.1) is 0 Å². The third kappa shape index (κ3) is 4.58. The predicted octanol–water partition coefficient (Wildman–Crippen LogP) is 5.43. The Bertz CT molecular complexity index is 1050. The zero-order valence-corrected chi connectivity index (χ0v) is 19.2. The minimum atomic E-state index is -0.0152. The maximum atomic E-state index is 10.5. The molecular formula is C24H23Br2N2O+. The Labute approximate surface area is 188 Å². The Hall–Kier alpha value is -2.08. The molecule has 0 saturated carbocycles. The summed E-state index contributed by atoms with van der Waals surface area (Å²) >= 11 is 7.12. The van der Waals surface area contributed by atoms with Gasteiger partial charge in [0.15, 0.2) is 6.17 Å². The van der Waals surface area contributed by atoms with Crippen LogP contribution < -0.4 is 10.6 Å². The summed E-state index contributed by atoms with van der Waals surface area (Å²) in [6.07, 6.45) is 3.24. The SMILES string of the molecule is CCc1ccc(C2=CC(c3cc(Br)ccc3O)[NH2+]C(c3cccc(Br)c3)N2)cc1. The minimum Gasteiger partial charge on any atom is -0.507 e. The maximum Gasteiger partial charge on any atom is 0.186 e. The topological polar surface area (TPSA) is 48.9 Å². The molecule has 0 aliphatic carbocycles. The van der Waals surface area contributed by atoms with Crippen LogP contribution in [0, 0.1) is 0 Å². The van der Waals surface area contributed by atoms with Crippen molar-refractivity contribution in [1.29, 1.82) is 0 Å². The van der Waals surface area contributed by atoms with Gasteiger partial charge in [0.1, 0.15) is 11.8 Å². The van der Waals surface area contributed by atoms with Crippen LogP contribution in [-0.2, 0) is 6.42 Å². The summed E-state index contributed by atoms with van der Waals surface area (Å²) in [6.45, 7) is 2.16. The number of aryl methyl sites for hydroxylation is 1. The molecule has 5 heteroatoms. The van der Waals surface area contributed by atoms with Crippen LogP contribution >= 0.6 is 31.9 Å². The van der Waals surface area contributed by atoms with E-state index in [1.54, 1.807) is 6.07 Å². The first kappa shape index (κ1) is 20.2. The standard InChI is InChI=1S/C24H22Br2N2O/c1-2-15-6-8-16(9-7-15)21-14-22(20-13-19(26)10-11-23(20)29)28-24(27-21)17-4-3-5-18(25)12-17/h3-14,22,24,27-29H,2H2,1H3/p+1. The molecule has 0 bridgehead atoms. The highest BCUT2D eigenvalue weighted by Crippen LogP contribution is 2.31. The Morgan fingerprint density at radius 1 is 0.966 bits per heavy atom. The molecular weight excluding hydrogens is 492 g/mol. The van der Waals surface area contributed by atoms with Gasteiger partial charge in [0, 0.05) is 26.3 Å². The molecule has 3 nitrogen and oxygen atoms in total. The normalized spacial score (nSPS) is 18.8. The lowest BCUT2D eigenvalue weighted by Crippen LogP contribution is -2.89. The third-order valence-electron chi connectivity index (χ3n) is 5.29. The maximum absolute atomic E-state index is 10.5. The van der Waals surface area contributed by atoms with Gasteiger partial charge in [0.05, 0.1) is 5.56 Å². The molecule has 2 unspecified atom stereocenters. The Balaban J connectivity index is 1.76. The highest BCUT2D eigenvalue weighted by atomic mass is 79.9. The van der Waals surface area contributed by atoms with Crippen LogP contribution in [0.2, 0.25) is 0 Å². The minimum absolute atomic E-state index is 0.0152. The number of nitrogens with two attached hydrogens (primary N) is 1. The van der Waals surface area contributed by atoms with E-state index in [-0.39, 0.29) is 12.2 Å². The van der Waals surface area contributed by atoms with Crippen molar-refractivity contribution >= 4 is 37.6 Å². The van der Waals surface area contributed by atoms with Gasteiger partial charge in [-0.2, -0.15) is 0 Å². The molecule has 3 aromatic carbocycles. The zero-order chi connectivity index (χ0) is 20.4. The first-order chi connectivity index (χ1) is 14.0. The van der Waals surface area contributed by atoms with E-state index in [1.165, 1.54) is 11.1 Å². The van der Waals surface area contributed by atoms with Crippen LogP contribution in [0.4, 0.5) is 0 Å². The number of hydrogen-bond acceptors (Lipinski definition) is 2. The second-order valence-corrected chi connectivity index (χ2v) is 9.06. The van der Waals surface area contributed by atoms with E-state index in [4.69, 9.17) is 0 Å². The summed E-state index contributed by atoms with van der Waals surface area (Å²) in [5.41, 5.74) is 5.61. The van der Waals surface area contributed by atoms with Gasteiger partial charge in [-0.05, 0) is 47.9 Å². The lowest BCUT2D eigenvalue weighted by atomic mass is 9.97. The monoisotopic (exact) mass is 513 g/mol. The van der Waals surface area contributed by atoms with Crippen LogP contribution in [0.3, 0.4) is 0 Å². The molecule has 0 spiro atoms. The van der Waals surface area contributed by atoms with Gasteiger partial charge in [0.25, 0.3) is 0 Å². The van der Waals surface area contributed by atoms with Crippen LogP contribution in [0.5, 0.6) is 5.75 Å². The molecule has 0 saturated heterocycles. The van der Waals surface area contributed by atoms with Gasteiger partial charge < -0.3 is 15.7 Å². The van der Waals surface area contributed by atoms with Crippen molar-refractivity contribution in [3.63, 3.8) is 0 Å². The van der Waals surface area contributed by atoms with Crippen LogP contribution in [0.15, 0.2) is 81.8 Å². The van der Waals surface area contributed by atoms with E-state index < -0.39 is 0 Å². The van der Waals surface area contributed by atoms with E-state index in [1.807, 2.05) is 18.2 Å². The first-order valence-corrected chi connectivity index (χ1v) is 11.3. The number of phenolic OH excluding ortho intramolecular Hbond substituents is 1. The quantitative estimate of drug-likeness (QED) is 0.435. The highest BCUT2D eigenvalue weighted by Gasteiger charge is 2.29. The van der Waals surface area contributed by atoms with Crippen molar-refractivity contribution < 1.29 is 10.4 Å². The van der Waals surface area contributed by atoms with E-state index in [0.29, 0.717) is 5.75 Å². The highest BCUT2D eigenvalue weighted by molar-refractivity contribution is 9.10. The van der Waals surface area contributed by atoms with Gasteiger partial charge >= 0.3 is 0 Å². The van der Waals surface area contributed by atoms with E-state index >= 15 is 0 Å². The molecule has 2 atom stereocenters. The number of nitrogens with one attached hydrogen (secondary N) is 1. The molecule has 3 aromatic rings. The van der Waals surface area contributed by atoms with Crippen molar-refractivity contribution in [1.82, 2.24) is 5.32 Å². The van der Waals surface area contributed by atoms with Gasteiger partial charge in [0.2, 0.25) is 0 Å². The van der Waals surface area contributed by atoms with E-state index in [0.717, 1.165) is 32.2 Å². The molecule has 4 rings (SSSR count). The predicted molar refractivity (Wildman–Crippen MR) is 124 cm³/mol. The molecule has 0 radical (unpaired) electrons. The molecule has 4 N–H and O–H groups in total. The summed E-state index contributed by atoms with van der Waals surface area (Å²) in [7, 11) is 0. The van der Waals surface area contributed by atoms with Crippen molar-refractivity contribution in [2.75, 3.05) is 0 Å². The largest absolute Gasteiger partial charge is 0.507 e. The number of halogens is 2. The summed E-state index contributed by atoms with van der Waals surface area (Å²) in [5.74, 6) is 0.307. The molecule has 29 heavy (non-hydrogen) atoms. The Morgan fingerprint density at radius 2 is 1.72 bits per heavy atom. The number of hydrogen-bond donors (Lipinski definition) is 3. The average Bonchev–Trinajstić information content (AvgIpc) is 2.75. The summed E-state index contributed by atoms with van der Waals surface area (Å²) in [5, 5.41) is 16.4. The Morgan fingerprint density at radius 3 is 2.45 bits per heavy atom. The fourth-order valence-corrected chi connectivity index (χ4v) is 4.48. The number of phenols is 1. The van der Waals surface area contributed by atoms with Crippen molar-refractivity contribution in [3.8, 4) is 5.75 Å². The molecule has 1 aliphatic rings. The Kier molecular flexibility index (Phi) is 6.09. The van der Waals surface area contributed by atoms with Crippen LogP contribution in [-0.4, -0.2) is 5.11 Å². The number of benzene rings is 3. The second-order valence-electron chi connectivity index (χ2n) is 7.23. The molecule has 1 heterocycles. The second kappa shape index (κ2) is 8.74. The molecule has 0 amide bonds. The van der Waals surface area contributed by atoms with E-state index in [9.17, 15) is 5.11 Å². The number of aromatic hydroxyl groups is 1. The molecule has 0 aromatic heterocycles. The van der Waals surface area contributed by atoms with Crippen molar-refractivity contribution in [3.05, 3.63) is 104 Å². The molecule has 0 fully saturated rings. The van der Waals surface area contributed by atoms with Gasteiger partial charge in [-0.3, -0.25) is 0 Å². The van der Waals surface area contributed by atoms with Crippen molar-refractivity contribution in [2.45, 2.75) is 25.6 Å². The summed E-state index contributed by atoms with van der Waals surface area (Å²) < 4.78 is 2.01. The third-order valence-corrected chi connectivity index (χ3v) is 6.27. The first-order valence-electron chi connectivity index (χ1n) is 9.70. The van der Waals surface area contributed by atoms with Crippen LogP contribution in [0.25, 0.3) is 5.70 Å². The number of quaternary nitrogens is 1. The fraction of sp³-hybridized carbons (Fsp3) is 0.167. The van der Waals surface area contributed by atoms with Gasteiger partial charge in [-0.25, -0.2) is 0 Å². The average molecular weight is 515 g/mol. The van der Waals surface area contributed by atoms with E-state index in [2.05, 4.69) is 98.0 Å². The lowest BCUT2D eigenvalue weighted by Gasteiger charge is -2.30. The fourth-order valence-electron chi connectivity index (χ4n) is 3.69. The lowest BCUT2D eigenvalue weighted by molar-refractivity contribution is -0.731. The van der Waals surface area contributed by atoms with Crippen molar-refractivity contribution in [2.24, 2.45) is 0 Å². The van der Waals surface area contributed by atoms with Crippen LogP contribution in [0.1, 0.15) is 41.4 Å².